The summed E-state index contributed by atoms with van der Waals surface area (Å²) in [7, 11) is 0. The van der Waals surface area contributed by atoms with Gasteiger partial charge in [-0.15, -0.1) is 0 Å². The highest BCUT2D eigenvalue weighted by Gasteiger charge is 2.44. The molecule has 0 radical (unpaired) electrons. The molecule has 5 aliphatic rings. The Kier molecular flexibility index (Phi) is 10.5. The van der Waals surface area contributed by atoms with Crippen molar-refractivity contribution < 1.29 is 23.1 Å². The van der Waals surface area contributed by atoms with Gasteiger partial charge in [0.25, 0.3) is 0 Å². The molecule has 1 saturated carbocycles. The third kappa shape index (κ3) is 7.61. The molecule has 1 atom stereocenters. The molecule has 3 saturated heterocycles. The summed E-state index contributed by atoms with van der Waals surface area (Å²) in [6.07, 6.45) is 16.9. The number of halogens is 2. The number of rotatable bonds is 8. The van der Waals surface area contributed by atoms with Crippen LogP contribution in [0.4, 0.5) is 26.0 Å². The summed E-state index contributed by atoms with van der Waals surface area (Å²) in [4.78, 5) is 44.8. The molecule has 0 unspecified atom stereocenters. The molecular weight excluding hydrogens is 833 g/mol. The largest absolute Gasteiger partial charge is 0.373 e. The predicted molar refractivity (Wildman–Crippen MR) is 236 cm³/mol. The van der Waals surface area contributed by atoms with E-state index < -0.39 is 23.6 Å². The zero-order chi connectivity index (χ0) is 44.2. The molecule has 11 rings (SSSR count). The van der Waals surface area contributed by atoms with Crippen molar-refractivity contribution in [3.05, 3.63) is 102 Å². The van der Waals surface area contributed by atoms with E-state index in [-0.39, 0.29) is 41.8 Å². The van der Waals surface area contributed by atoms with Gasteiger partial charge in [-0.1, -0.05) is 6.07 Å². The number of piperidine rings is 2. The van der Waals surface area contributed by atoms with Crippen LogP contribution in [0.15, 0.2) is 73.6 Å². The van der Waals surface area contributed by atoms with Gasteiger partial charge in [0.1, 0.15) is 40.3 Å². The van der Waals surface area contributed by atoms with E-state index in [0.717, 1.165) is 74.3 Å². The molecule has 65 heavy (non-hydrogen) atoms. The first-order chi connectivity index (χ1) is 31.7. The Balaban J connectivity index is 0.723. The van der Waals surface area contributed by atoms with E-state index in [1.54, 1.807) is 15.6 Å². The molecule has 18 heteroatoms. The van der Waals surface area contributed by atoms with Gasteiger partial charge in [-0.25, -0.2) is 23.3 Å². The SMILES string of the molecule is N#Cc1cnn2cc(-c3cnn(C4CCC(N5CCN(c6c(F)cc(N[C@H]7CCC(=O)NC7=O)cc6F)CC5)CC4)c3)nc(-c3ccc(N4CCC5(CC4)OCc4cccnc45)nc3)c12. The lowest BCUT2D eigenvalue weighted by Gasteiger charge is -2.42. The summed E-state index contributed by atoms with van der Waals surface area (Å²) in [6, 6.07) is 12.6. The van der Waals surface area contributed by atoms with Crippen LogP contribution in [0.25, 0.3) is 28.0 Å². The number of carbonyl (C=O) groups is 2. The van der Waals surface area contributed by atoms with Crippen LogP contribution < -0.4 is 20.4 Å². The van der Waals surface area contributed by atoms with Gasteiger partial charge in [-0.05, 0) is 75.3 Å². The van der Waals surface area contributed by atoms with Crippen molar-refractivity contribution in [2.75, 3.05) is 54.4 Å². The maximum absolute atomic E-state index is 15.4. The second-order valence-corrected chi connectivity index (χ2v) is 17.8. The first-order valence-electron chi connectivity index (χ1n) is 22.4. The van der Waals surface area contributed by atoms with Crippen LogP contribution >= 0.6 is 0 Å². The van der Waals surface area contributed by atoms with Gasteiger partial charge in [0, 0.05) is 92.7 Å². The number of pyridine rings is 2. The topological polar surface area (TPSA) is 175 Å². The maximum Gasteiger partial charge on any atom is 0.249 e. The fraction of sp³-hybridized carbons (Fsp3) is 0.404. The quantitative estimate of drug-likeness (QED) is 0.177. The number of ether oxygens (including phenoxy) is 1. The monoisotopic (exact) mass is 879 g/mol. The molecule has 1 aliphatic carbocycles. The van der Waals surface area contributed by atoms with E-state index in [1.165, 1.54) is 17.7 Å². The van der Waals surface area contributed by atoms with Gasteiger partial charge in [-0.3, -0.25) is 29.5 Å². The summed E-state index contributed by atoms with van der Waals surface area (Å²) < 4.78 is 40.8. The van der Waals surface area contributed by atoms with E-state index in [2.05, 4.69) is 42.7 Å². The molecule has 0 bridgehead atoms. The summed E-state index contributed by atoms with van der Waals surface area (Å²) in [5, 5.41) is 24.5. The van der Waals surface area contributed by atoms with E-state index in [0.29, 0.717) is 61.3 Å². The molecule has 2 amide bonds. The van der Waals surface area contributed by atoms with E-state index in [1.807, 2.05) is 53.9 Å². The van der Waals surface area contributed by atoms with Crippen molar-refractivity contribution in [1.29, 1.82) is 5.26 Å². The summed E-state index contributed by atoms with van der Waals surface area (Å²) >= 11 is 0. The lowest BCUT2D eigenvalue weighted by Crippen LogP contribution is -2.51. The number of carbonyl (C=O) groups excluding carboxylic acids is 2. The number of nitriles is 1. The van der Waals surface area contributed by atoms with Crippen molar-refractivity contribution in [3.63, 3.8) is 0 Å². The highest BCUT2D eigenvalue weighted by molar-refractivity contribution is 6.01. The number of hydrogen-bond acceptors (Lipinski definition) is 13. The number of nitrogens with zero attached hydrogens (tertiary/aromatic N) is 11. The molecular formula is C47H47F2N13O3. The van der Waals surface area contributed by atoms with Crippen LogP contribution in [0.2, 0.25) is 0 Å². The molecule has 332 valence electrons. The molecule has 1 spiro atoms. The highest BCUT2D eigenvalue weighted by atomic mass is 19.1. The fourth-order valence-electron chi connectivity index (χ4n) is 10.5. The number of aromatic nitrogens is 7. The first-order valence-corrected chi connectivity index (χ1v) is 22.4. The summed E-state index contributed by atoms with van der Waals surface area (Å²) in [6.45, 7) is 4.55. The smallest absolute Gasteiger partial charge is 0.249 e. The van der Waals surface area contributed by atoms with Crippen molar-refractivity contribution in [2.45, 2.75) is 81.7 Å². The van der Waals surface area contributed by atoms with E-state index in [9.17, 15) is 14.9 Å². The van der Waals surface area contributed by atoms with Crippen LogP contribution in [0.5, 0.6) is 0 Å². The van der Waals surface area contributed by atoms with Crippen molar-refractivity contribution in [1.82, 2.24) is 44.6 Å². The normalized spacial score (nSPS) is 22.3. The number of piperazine rings is 1. The number of anilines is 3. The van der Waals surface area contributed by atoms with Gasteiger partial charge in [-0.2, -0.15) is 15.5 Å². The Morgan fingerprint density at radius 2 is 1.63 bits per heavy atom. The number of fused-ring (bicyclic) bond motifs is 3. The van der Waals surface area contributed by atoms with Crippen molar-refractivity contribution in [2.24, 2.45) is 0 Å². The van der Waals surface area contributed by atoms with Crippen LogP contribution in [0, 0.1) is 23.0 Å². The van der Waals surface area contributed by atoms with Gasteiger partial charge < -0.3 is 19.9 Å². The van der Waals surface area contributed by atoms with Gasteiger partial charge in [0.15, 0.2) is 11.6 Å². The molecule has 2 N–H and O–H groups in total. The molecule has 9 heterocycles. The summed E-state index contributed by atoms with van der Waals surface area (Å²) in [5.74, 6) is -1.35. The molecule has 6 aromatic rings. The Bertz CT molecular complexity index is 2810. The lowest BCUT2D eigenvalue weighted by molar-refractivity contribution is -0.133. The van der Waals surface area contributed by atoms with Crippen LogP contribution in [0.3, 0.4) is 0 Å². The van der Waals surface area contributed by atoms with Gasteiger partial charge in [0.2, 0.25) is 11.8 Å². The first kappa shape index (κ1) is 40.9. The highest BCUT2D eigenvalue weighted by Crippen LogP contribution is 2.44. The Labute approximate surface area is 373 Å². The van der Waals surface area contributed by atoms with Crippen LogP contribution in [-0.4, -0.2) is 102 Å². The molecule has 16 nitrogen and oxygen atoms in total. The van der Waals surface area contributed by atoms with Crippen molar-refractivity contribution >= 4 is 34.5 Å². The predicted octanol–water partition coefficient (Wildman–Crippen LogP) is 5.75. The molecule has 1 aromatic carbocycles. The molecule has 5 aromatic heterocycles. The third-order valence-electron chi connectivity index (χ3n) is 14.0. The summed E-state index contributed by atoms with van der Waals surface area (Å²) in [5.41, 5.74) is 5.98. The van der Waals surface area contributed by atoms with Crippen molar-refractivity contribution in [3.8, 4) is 28.6 Å². The third-order valence-corrected chi connectivity index (χ3v) is 14.0. The van der Waals surface area contributed by atoms with Crippen LogP contribution in [-0.2, 0) is 26.5 Å². The van der Waals surface area contributed by atoms with Crippen LogP contribution in [0.1, 0.15) is 74.2 Å². The minimum atomic E-state index is -0.729. The zero-order valence-electron chi connectivity index (χ0n) is 35.7. The van der Waals surface area contributed by atoms with Gasteiger partial charge in [0.05, 0.1) is 48.3 Å². The molecule has 4 fully saturated rings. The number of amides is 2. The minimum Gasteiger partial charge on any atom is -0.373 e. The average molecular weight is 880 g/mol. The Hall–Kier alpha value is -6.84. The average Bonchev–Trinajstić information content (AvgIpc) is 4.09. The lowest BCUT2D eigenvalue weighted by atomic mass is 9.87. The Morgan fingerprint density at radius 1 is 0.846 bits per heavy atom. The minimum absolute atomic E-state index is 0.0589. The second kappa shape index (κ2) is 16.6. The standard InChI is InChI=1S/C47H47F2N13O3/c48-36-20-33(55-38-8-10-41(63)57-46(38)64)21-37(49)44(36)60-18-16-58(17-19-60)34-4-6-35(7-5-34)61-26-32(25-53-61)39-27-62-43(31(22-50)24-54-62)42(56-39)29-3-9-40(52-23-29)59-14-11-47(12-15-59)45-30(28-65-47)2-1-13-51-45/h1-3,9,13,20-21,23-27,34-35,38,55H,4-8,10-12,14-19,28H2,(H,57,63,64)/t34?,35?,38-/m0/s1. The number of hydrogen-bond donors (Lipinski definition) is 2. The number of imide groups is 1. The maximum atomic E-state index is 15.4. The van der Waals surface area contributed by atoms with Gasteiger partial charge >= 0.3 is 0 Å². The van der Waals surface area contributed by atoms with E-state index >= 15 is 8.78 Å². The fourth-order valence-corrected chi connectivity index (χ4v) is 10.5. The van der Waals surface area contributed by atoms with E-state index in [4.69, 9.17) is 19.8 Å². The number of nitrogens with one attached hydrogen (secondary N) is 2. The number of benzene rings is 1. The zero-order valence-corrected chi connectivity index (χ0v) is 35.7. The second-order valence-electron chi connectivity index (χ2n) is 17.8. The molecule has 4 aliphatic heterocycles. The Morgan fingerprint density at radius 3 is 2.37 bits per heavy atom.